The Bertz CT molecular complexity index is 770. The van der Waals surface area contributed by atoms with Crippen LogP contribution in [-0.4, -0.2) is 10.2 Å². The maximum Gasteiger partial charge on any atom is 0.283 e. The molecular weight excluding hydrogens is 302 g/mol. The predicted octanol–water partition coefficient (Wildman–Crippen LogP) is 3.44. The summed E-state index contributed by atoms with van der Waals surface area (Å²) in [6.45, 7) is 0. The predicted molar refractivity (Wildman–Crippen MR) is 81.5 cm³/mol. The Balaban J connectivity index is 2.16. The number of nitrogens with zero attached hydrogens (tertiary/aromatic N) is 1. The van der Waals surface area contributed by atoms with Gasteiger partial charge in [0.05, 0.1) is 0 Å². The van der Waals surface area contributed by atoms with Gasteiger partial charge >= 0.3 is 0 Å². The maximum atomic E-state index is 12.2. The fourth-order valence-corrected chi connectivity index (χ4v) is 4.47. The van der Waals surface area contributed by atoms with Crippen LogP contribution < -0.4 is 0 Å². The Morgan fingerprint density at radius 3 is 2.05 bits per heavy atom. The van der Waals surface area contributed by atoms with Gasteiger partial charge in [0.25, 0.3) is 5.54 Å². The number of nitro groups is 1. The van der Waals surface area contributed by atoms with E-state index < -0.39 is 16.7 Å². The zero-order valence-corrected chi connectivity index (χ0v) is 12.3. The first-order valence-corrected chi connectivity index (χ1v) is 7.49. The van der Waals surface area contributed by atoms with Crippen LogP contribution in [0.2, 0.25) is 0 Å². The zero-order chi connectivity index (χ0) is 15.5. The number of hydrogen-bond acceptors (Lipinski definition) is 3. The fraction of sp³-hybridized carbons (Fsp3) is 0.235. The van der Waals surface area contributed by atoms with Crippen molar-refractivity contribution in [1.29, 1.82) is 0 Å². The molecule has 5 heteroatoms. The number of benzene rings is 2. The molecule has 1 unspecified atom stereocenters. The minimum Gasteiger partial charge on any atom is -0.281 e. The van der Waals surface area contributed by atoms with E-state index in [4.69, 9.17) is 11.6 Å². The zero-order valence-electron chi connectivity index (χ0n) is 11.5. The molecule has 0 aromatic heterocycles. The van der Waals surface area contributed by atoms with Crippen LogP contribution in [0.5, 0.6) is 0 Å². The van der Waals surface area contributed by atoms with Gasteiger partial charge in [-0.05, 0) is 29.1 Å². The van der Waals surface area contributed by atoms with Crippen LogP contribution in [0.3, 0.4) is 0 Å². The molecule has 2 aromatic carbocycles. The molecule has 110 valence electrons. The number of halogens is 1. The van der Waals surface area contributed by atoms with Crippen LogP contribution in [0.4, 0.5) is 0 Å². The Labute approximate surface area is 131 Å². The van der Waals surface area contributed by atoms with E-state index in [0.29, 0.717) is 17.5 Å². The van der Waals surface area contributed by atoms with Crippen molar-refractivity contribution in [3.63, 3.8) is 0 Å². The van der Waals surface area contributed by atoms with Crippen molar-refractivity contribution in [3.05, 3.63) is 80.9 Å². The van der Waals surface area contributed by atoms with E-state index in [9.17, 15) is 14.9 Å². The molecule has 0 aliphatic heterocycles. The standard InChI is InChI=1S/C17H12ClNO3/c18-16(20)15-9-12-10-5-1-3-7-13(10)17(15,19(21)22)14-8-4-2-6-11(12)14/h1-8,12,15H,9H2. The highest BCUT2D eigenvalue weighted by Crippen LogP contribution is 2.59. The third kappa shape index (κ3) is 1.40. The third-order valence-electron chi connectivity index (χ3n) is 5.03. The third-order valence-corrected chi connectivity index (χ3v) is 5.29. The lowest BCUT2D eigenvalue weighted by Gasteiger charge is -2.46. The molecule has 22 heavy (non-hydrogen) atoms. The number of hydrogen-bond donors (Lipinski definition) is 0. The largest absolute Gasteiger partial charge is 0.283 e. The lowest BCUT2D eigenvalue weighted by atomic mass is 9.55. The summed E-state index contributed by atoms with van der Waals surface area (Å²) in [5.41, 5.74) is 1.52. The van der Waals surface area contributed by atoms with Crippen molar-refractivity contribution in [1.82, 2.24) is 0 Å². The highest BCUT2D eigenvalue weighted by atomic mass is 35.5. The monoisotopic (exact) mass is 313 g/mol. The molecule has 2 bridgehead atoms. The van der Waals surface area contributed by atoms with Crippen molar-refractivity contribution in [2.45, 2.75) is 17.9 Å². The lowest BCUT2D eigenvalue weighted by molar-refractivity contribution is -0.577. The van der Waals surface area contributed by atoms with Gasteiger partial charge in [0.2, 0.25) is 5.24 Å². The molecule has 1 atom stereocenters. The van der Waals surface area contributed by atoms with Gasteiger partial charge in [-0.15, -0.1) is 0 Å². The number of carbonyl (C=O) groups is 1. The lowest BCUT2D eigenvalue weighted by Crippen LogP contribution is -2.54. The average molecular weight is 314 g/mol. The molecule has 2 aromatic rings. The smallest absolute Gasteiger partial charge is 0.281 e. The molecule has 3 aliphatic rings. The summed E-state index contributed by atoms with van der Waals surface area (Å²) in [5.74, 6) is -0.846. The molecule has 0 saturated carbocycles. The summed E-state index contributed by atoms with van der Waals surface area (Å²) in [6, 6.07) is 14.7. The normalized spacial score (nSPS) is 27.9. The Hall–Kier alpha value is -2.20. The molecule has 0 saturated heterocycles. The summed E-state index contributed by atoms with van der Waals surface area (Å²) in [7, 11) is 0. The quantitative estimate of drug-likeness (QED) is 0.485. The molecule has 0 spiro atoms. The van der Waals surface area contributed by atoms with Gasteiger partial charge in [-0.25, -0.2) is 0 Å². The van der Waals surface area contributed by atoms with E-state index >= 15 is 0 Å². The van der Waals surface area contributed by atoms with Gasteiger partial charge in [-0.3, -0.25) is 14.9 Å². The first-order chi connectivity index (χ1) is 10.6. The van der Waals surface area contributed by atoms with Crippen LogP contribution >= 0.6 is 11.6 Å². The van der Waals surface area contributed by atoms with Crippen molar-refractivity contribution < 1.29 is 9.72 Å². The second kappa shape index (κ2) is 4.40. The molecular formula is C17H12ClNO3. The van der Waals surface area contributed by atoms with Gasteiger partial charge < -0.3 is 0 Å². The summed E-state index contributed by atoms with van der Waals surface area (Å²) in [4.78, 5) is 23.8. The summed E-state index contributed by atoms with van der Waals surface area (Å²) < 4.78 is 0. The number of fused-ring (bicyclic) bond motifs is 1. The van der Waals surface area contributed by atoms with E-state index in [-0.39, 0.29) is 10.8 Å². The second-order valence-corrected chi connectivity index (χ2v) is 6.22. The minimum absolute atomic E-state index is 0.0121. The Morgan fingerprint density at radius 1 is 1.09 bits per heavy atom. The van der Waals surface area contributed by atoms with Gasteiger partial charge in [-0.1, -0.05) is 48.5 Å². The van der Waals surface area contributed by atoms with Crippen LogP contribution in [0.25, 0.3) is 0 Å². The summed E-state index contributed by atoms with van der Waals surface area (Å²) in [5, 5.41) is 11.5. The minimum atomic E-state index is -1.57. The molecule has 0 fully saturated rings. The van der Waals surface area contributed by atoms with Gasteiger partial charge in [0, 0.05) is 22.0 Å². The van der Waals surface area contributed by atoms with Gasteiger partial charge in [0.1, 0.15) is 5.92 Å². The van der Waals surface area contributed by atoms with Gasteiger partial charge in [0.15, 0.2) is 0 Å². The van der Waals surface area contributed by atoms with Crippen LogP contribution in [0.15, 0.2) is 48.5 Å². The SMILES string of the molecule is O=C(Cl)C1CC2c3ccccc3C1([N+](=O)[O-])c1ccccc12. The van der Waals surface area contributed by atoms with Crippen LogP contribution in [0, 0.1) is 16.0 Å². The molecule has 0 N–H and O–H groups in total. The number of rotatable bonds is 2. The topological polar surface area (TPSA) is 60.2 Å². The first kappa shape index (κ1) is 13.5. The molecule has 4 nitrogen and oxygen atoms in total. The molecule has 3 aliphatic carbocycles. The highest BCUT2D eigenvalue weighted by molar-refractivity contribution is 6.64. The fourth-order valence-electron chi connectivity index (χ4n) is 4.22. The van der Waals surface area contributed by atoms with Crippen LogP contribution in [-0.2, 0) is 10.3 Å². The Kier molecular flexibility index (Phi) is 2.69. The van der Waals surface area contributed by atoms with Crippen molar-refractivity contribution in [2.75, 3.05) is 0 Å². The highest BCUT2D eigenvalue weighted by Gasteiger charge is 2.65. The van der Waals surface area contributed by atoms with Crippen LogP contribution in [0.1, 0.15) is 34.6 Å². The second-order valence-electron chi connectivity index (χ2n) is 5.84. The number of carbonyl (C=O) groups excluding carboxylic acids is 1. The summed E-state index contributed by atoms with van der Waals surface area (Å²) in [6.07, 6.45) is 0.386. The van der Waals surface area contributed by atoms with E-state index in [1.54, 1.807) is 24.3 Å². The molecule has 0 amide bonds. The molecule has 0 radical (unpaired) electrons. The van der Waals surface area contributed by atoms with Crippen molar-refractivity contribution in [2.24, 2.45) is 5.92 Å². The van der Waals surface area contributed by atoms with E-state index in [0.717, 1.165) is 11.1 Å². The van der Waals surface area contributed by atoms with E-state index in [1.807, 2.05) is 24.3 Å². The summed E-state index contributed by atoms with van der Waals surface area (Å²) >= 11 is 5.77. The molecule has 0 heterocycles. The van der Waals surface area contributed by atoms with E-state index in [1.165, 1.54) is 0 Å². The van der Waals surface area contributed by atoms with E-state index in [2.05, 4.69) is 0 Å². The first-order valence-electron chi connectivity index (χ1n) is 7.11. The molecule has 5 rings (SSSR count). The Morgan fingerprint density at radius 2 is 1.59 bits per heavy atom. The van der Waals surface area contributed by atoms with Crippen molar-refractivity contribution in [3.8, 4) is 0 Å². The van der Waals surface area contributed by atoms with Gasteiger partial charge in [-0.2, -0.15) is 0 Å². The van der Waals surface area contributed by atoms with Crippen molar-refractivity contribution >= 4 is 16.8 Å². The maximum absolute atomic E-state index is 12.2. The average Bonchev–Trinajstić information content (AvgIpc) is 2.54.